The summed E-state index contributed by atoms with van der Waals surface area (Å²) in [5.41, 5.74) is 9.86. The van der Waals surface area contributed by atoms with Gasteiger partial charge in [-0.15, -0.1) is 0 Å². The van der Waals surface area contributed by atoms with Gasteiger partial charge < -0.3 is 20.9 Å². The normalized spacial score (nSPS) is 24.9. The number of hydrogen-bond acceptors (Lipinski definition) is 6. The van der Waals surface area contributed by atoms with Gasteiger partial charge in [0.2, 0.25) is 5.91 Å². The molecule has 2 amide bonds. The summed E-state index contributed by atoms with van der Waals surface area (Å²) in [5.74, 6) is 0.814. The number of hydrogen-bond donors (Lipinski definition) is 3. The molecule has 3 aliphatic rings. The van der Waals surface area contributed by atoms with Crippen LogP contribution in [-0.4, -0.2) is 51.6 Å². The second kappa shape index (κ2) is 9.97. The molecule has 1 aliphatic carbocycles. The number of amides is 2. The lowest BCUT2D eigenvalue weighted by atomic mass is 9.78. The SMILES string of the molecule is Cc1ccc2c(c1)[C@@H](CCCNC(=O)c1ccc3c(c1)[C@H](N1C(=O)CC(C)(C)N=C1N)CC3)[C@H](O)C(C)(C)O2. The van der Waals surface area contributed by atoms with E-state index in [0.717, 1.165) is 53.7 Å². The first-order valence-corrected chi connectivity index (χ1v) is 13.9. The van der Waals surface area contributed by atoms with Crippen LogP contribution < -0.4 is 15.8 Å². The highest BCUT2D eigenvalue weighted by Crippen LogP contribution is 2.43. The minimum atomic E-state index is -0.684. The largest absolute Gasteiger partial charge is 0.485 e. The number of aliphatic hydroxyl groups excluding tert-OH is 1. The molecule has 2 aromatic carbocycles. The van der Waals surface area contributed by atoms with E-state index in [2.05, 4.69) is 16.4 Å². The van der Waals surface area contributed by atoms with Gasteiger partial charge in [0.1, 0.15) is 17.5 Å². The zero-order chi connectivity index (χ0) is 28.1. The lowest BCUT2D eigenvalue weighted by Crippen LogP contribution is -2.50. The maximum Gasteiger partial charge on any atom is 0.251 e. The molecule has 5 rings (SSSR count). The zero-order valence-electron chi connectivity index (χ0n) is 23.6. The molecule has 0 radical (unpaired) electrons. The van der Waals surface area contributed by atoms with E-state index >= 15 is 0 Å². The summed E-state index contributed by atoms with van der Waals surface area (Å²) >= 11 is 0. The minimum Gasteiger partial charge on any atom is -0.485 e. The Morgan fingerprint density at radius 3 is 2.69 bits per heavy atom. The van der Waals surface area contributed by atoms with E-state index in [1.807, 2.05) is 65.0 Å². The number of aliphatic hydroxyl groups is 1. The van der Waals surface area contributed by atoms with E-state index in [-0.39, 0.29) is 29.7 Å². The number of rotatable bonds is 6. The maximum atomic E-state index is 13.1. The smallest absolute Gasteiger partial charge is 0.251 e. The van der Waals surface area contributed by atoms with Crippen LogP contribution in [0, 0.1) is 6.92 Å². The van der Waals surface area contributed by atoms with E-state index in [9.17, 15) is 14.7 Å². The average Bonchev–Trinajstić information content (AvgIpc) is 3.25. The van der Waals surface area contributed by atoms with Crippen molar-refractivity contribution in [2.75, 3.05) is 6.54 Å². The Kier molecular flexibility index (Phi) is 6.95. The van der Waals surface area contributed by atoms with E-state index in [4.69, 9.17) is 10.5 Å². The molecule has 39 heavy (non-hydrogen) atoms. The fraction of sp³-hybridized carbons (Fsp3) is 0.516. The van der Waals surface area contributed by atoms with Crippen LogP contribution in [0.15, 0.2) is 41.4 Å². The van der Waals surface area contributed by atoms with E-state index in [1.165, 1.54) is 0 Å². The predicted octanol–water partition coefficient (Wildman–Crippen LogP) is 4.13. The Morgan fingerprint density at radius 2 is 1.95 bits per heavy atom. The molecule has 2 aromatic rings. The molecule has 0 spiro atoms. The zero-order valence-corrected chi connectivity index (χ0v) is 23.6. The van der Waals surface area contributed by atoms with E-state index in [0.29, 0.717) is 18.5 Å². The molecule has 0 bridgehead atoms. The summed E-state index contributed by atoms with van der Waals surface area (Å²) in [6, 6.07) is 11.6. The molecule has 0 fully saturated rings. The number of nitrogens with zero attached hydrogens (tertiary/aromatic N) is 2. The van der Waals surface area contributed by atoms with Gasteiger partial charge in [-0.2, -0.15) is 0 Å². The van der Waals surface area contributed by atoms with Crippen molar-refractivity contribution in [2.24, 2.45) is 10.7 Å². The number of benzene rings is 2. The number of carbonyl (C=O) groups is 2. The second-order valence-electron chi connectivity index (χ2n) is 12.4. The van der Waals surface area contributed by atoms with Gasteiger partial charge in [-0.3, -0.25) is 14.5 Å². The third-order valence-corrected chi connectivity index (χ3v) is 8.29. The van der Waals surface area contributed by atoms with Crippen molar-refractivity contribution in [3.05, 3.63) is 64.2 Å². The van der Waals surface area contributed by atoms with Gasteiger partial charge in [-0.1, -0.05) is 23.8 Å². The molecule has 8 heteroatoms. The Bertz CT molecular complexity index is 1330. The fourth-order valence-corrected chi connectivity index (χ4v) is 6.30. The number of aryl methyl sites for hydroxylation is 2. The molecule has 3 atom stereocenters. The lowest BCUT2D eigenvalue weighted by Gasteiger charge is -2.42. The highest BCUT2D eigenvalue weighted by molar-refractivity contribution is 6.00. The number of aliphatic imine (C=N–C) groups is 1. The number of nitrogens with one attached hydrogen (secondary N) is 1. The molecule has 2 heterocycles. The van der Waals surface area contributed by atoms with Gasteiger partial charge in [0.25, 0.3) is 5.91 Å². The van der Waals surface area contributed by atoms with Gasteiger partial charge in [0.15, 0.2) is 5.96 Å². The van der Waals surface area contributed by atoms with Crippen molar-refractivity contribution in [2.45, 2.75) is 95.9 Å². The molecule has 0 unspecified atom stereocenters. The predicted molar refractivity (Wildman–Crippen MR) is 151 cm³/mol. The number of ether oxygens (including phenoxy) is 1. The van der Waals surface area contributed by atoms with Crippen LogP contribution in [0.1, 0.15) is 97.9 Å². The number of carbonyl (C=O) groups excluding carboxylic acids is 2. The highest BCUT2D eigenvalue weighted by Gasteiger charge is 2.42. The number of guanidine groups is 1. The monoisotopic (exact) mass is 532 g/mol. The van der Waals surface area contributed by atoms with Gasteiger partial charge in [-0.25, -0.2) is 4.99 Å². The van der Waals surface area contributed by atoms with Crippen molar-refractivity contribution in [1.82, 2.24) is 10.2 Å². The van der Waals surface area contributed by atoms with Crippen molar-refractivity contribution < 1.29 is 19.4 Å². The first-order chi connectivity index (χ1) is 18.4. The summed E-state index contributed by atoms with van der Waals surface area (Å²) in [6.45, 7) is 10.2. The summed E-state index contributed by atoms with van der Waals surface area (Å²) in [7, 11) is 0. The van der Waals surface area contributed by atoms with Gasteiger partial charge in [-0.05, 0) is 89.6 Å². The lowest BCUT2D eigenvalue weighted by molar-refractivity contribution is -0.131. The van der Waals surface area contributed by atoms with Crippen molar-refractivity contribution in [1.29, 1.82) is 0 Å². The first-order valence-electron chi connectivity index (χ1n) is 13.9. The van der Waals surface area contributed by atoms with Crippen LogP contribution in [0.2, 0.25) is 0 Å². The summed E-state index contributed by atoms with van der Waals surface area (Å²) in [5, 5.41) is 14.1. The molecule has 0 saturated heterocycles. The minimum absolute atomic E-state index is 0.0320. The highest BCUT2D eigenvalue weighted by atomic mass is 16.5. The van der Waals surface area contributed by atoms with E-state index < -0.39 is 17.2 Å². The molecule has 208 valence electrons. The van der Waals surface area contributed by atoms with Crippen LogP contribution in [0.5, 0.6) is 5.75 Å². The molecular formula is C31H40N4O4. The van der Waals surface area contributed by atoms with Crippen LogP contribution in [0.3, 0.4) is 0 Å². The third kappa shape index (κ3) is 5.26. The molecule has 8 nitrogen and oxygen atoms in total. The van der Waals surface area contributed by atoms with Gasteiger partial charge >= 0.3 is 0 Å². The molecular weight excluding hydrogens is 492 g/mol. The number of fused-ring (bicyclic) bond motifs is 2. The second-order valence-corrected chi connectivity index (χ2v) is 12.4. The van der Waals surface area contributed by atoms with E-state index in [1.54, 1.807) is 4.90 Å². The Morgan fingerprint density at radius 1 is 1.18 bits per heavy atom. The average molecular weight is 533 g/mol. The Balaban J connectivity index is 1.24. The molecule has 4 N–H and O–H groups in total. The summed E-state index contributed by atoms with van der Waals surface area (Å²) in [6.07, 6.45) is 2.69. The quantitative estimate of drug-likeness (QED) is 0.484. The molecule has 2 aliphatic heterocycles. The summed E-state index contributed by atoms with van der Waals surface area (Å²) < 4.78 is 6.07. The standard InChI is InChI=1S/C31H40N4O4/c1-18-8-13-25-23(15-18)21(27(37)31(4,5)39-25)7-6-14-33-28(38)20-10-9-19-11-12-24(22(19)16-20)35-26(36)17-30(2,3)34-29(35)32/h8-10,13,15-16,21,24,27,37H,6-7,11-12,14,17H2,1-5H3,(H2,32,34)(H,33,38)/t21-,24-,27+/m1/s1. The van der Waals surface area contributed by atoms with Gasteiger partial charge in [0, 0.05) is 23.6 Å². The van der Waals surface area contributed by atoms with Crippen LogP contribution in [-0.2, 0) is 11.2 Å². The topological polar surface area (TPSA) is 117 Å². The first kappa shape index (κ1) is 27.2. The Hall–Kier alpha value is -3.39. The van der Waals surface area contributed by atoms with Crippen LogP contribution in [0.25, 0.3) is 0 Å². The van der Waals surface area contributed by atoms with Crippen LogP contribution >= 0.6 is 0 Å². The summed E-state index contributed by atoms with van der Waals surface area (Å²) in [4.78, 5) is 32.2. The van der Waals surface area contributed by atoms with Crippen molar-refractivity contribution in [3.8, 4) is 5.75 Å². The molecule has 0 saturated carbocycles. The Labute approximate surface area is 230 Å². The fourth-order valence-electron chi connectivity index (χ4n) is 6.30. The molecule has 0 aromatic heterocycles. The van der Waals surface area contributed by atoms with Crippen molar-refractivity contribution >= 4 is 17.8 Å². The number of nitrogens with two attached hydrogens (primary N) is 1. The van der Waals surface area contributed by atoms with Gasteiger partial charge in [0.05, 0.1) is 18.0 Å². The maximum absolute atomic E-state index is 13.1. The van der Waals surface area contributed by atoms with Crippen LogP contribution in [0.4, 0.5) is 0 Å². The third-order valence-electron chi connectivity index (χ3n) is 8.29. The van der Waals surface area contributed by atoms with Crippen molar-refractivity contribution in [3.63, 3.8) is 0 Å².